The molecule has 0 unspecified atom stereocenters. The first-order chi connectivity index (χ1) is 7.47. The van der Waals surface area contributed by atoms with Crippen LogP contribution in [-0.4, -0.2) is 42.5 Å². The van der Waals surface area contributed by atoms with Crippen molar-refractivity contribution in [2.75, 3.05) is 26.2 Å². The molecule has 0 atom stereocenters. The van der Waals surface area contributed by atoms with Crippen molar-refractivity contribution >= 4 is 5.91 Å². The molecule has 0 spiro atoms. The van der Waals surface area contributed by atoms with E-state index < -0.39 is 0 Å². The normalized spacial score (nSPS) is 18.4. The van der Waals surface area contributed by atoms with Crippen LogP contribution in [0.15, 0.2) is 0 Å². The van der Waals surface area contributed by atoms with Gasteiger partial charge >= 0.3 is 0 Å². The summed E-state index contributed by atoms with van der Waals surface area (Å²) in [6.07, 6.45) is 4.48. The van der Waals surface area contributed by atoms with Gasteiger partial charge in [0.15, 0.2) is 0 Å². The molecule has 4 nitrogen and oxygen atoms in total. The third-order valence-corrected chi connectivity index (χ3v) is 2.84. The average Bonchev–Trinajstić information content (AvgIpc) is 2.24. The highest BCUT2D eigenvalue weighted by Gasteiger charge is 2.14. The largest absolute Gasteiger partial charge is 0.354 e. The Labute approximate surface area is 98.6 Å². The van der Waals surface area contributed by atoms with Crippen LogP contribution in [0.4, 0.5) is 0 Å². The van der Waals surface area contributed by atoms with Gasteiger partial charge in [-0.15, -0.1) is 0 Å². The molecule has 1 aliphatic heterocycles. The van der Waals surface area contributed by atoms with Crippen molar-refractivity contribution in [2.24, 2.45) is 5.73 Å². The minimum Gasteiger partial charge on any atom is -0.354 e. The van der Waals surface area contributed by atoms with E-state index in [1.165, 1.54) is 19.3 Å². The molecule has 3 N–H and O–H groups in total. The molecule has 1 amide bonds. The molecule has 1 heterocycles. The number of carbonyl (C=O) groups is 1. The third-order valence-electron chi connectivity index (χ3n) is 2.84. The lowest BCUT2D eigenvalue weighted by Crippen LogP contribution is -2.45. The van der Waals surface area contributed by atoms with Gasteiger partial charge < -0.3 is 16.0 Å². The molecular formula is C12H25N3O. The minimum atomic E-state index is -0.319. The fourth-order valence-electron chi connectivity index (χ4n) is 1.86. The summed E-state index contributed by atoms with van der Waals surface area (Å²) in [4.78, 5) is 13.9. The van der Waals surface area contributed by atoms with Crippen molar-refractivity contribution in [1.82, 2.24) is 10.2 Å². The zero-order chi connectivity index (χ0) is 12.0. The summed E-state index contributed by atoms with van der Waals surface area (Å²) in [5.74, 6) is 0.115. The van der Waals surface area contributed by atoms with Crippen LogP contribution in [0.25, 0.3) is 0 Å². The van der Waals surface area contributed by atoms with Gasteiger partial charge in [0.25, 0.3) is 0 Å². The lowest BCUT2D eigenvalue weighted by molar-refractivity contribution is -0.121. The molecule has 1 fully saturated rings. The monoisotopic (exact) mass is 227 g/mol. The summed E-state index contributed by atoms with van der Waals surface area (Å²) in [7, 11) is 0. The number of nitrogens with one attached hydrogen (secondary N) is 1. The zero-order valence-electron chi connectivity index (χ0n) is 10.6. The van der Waals surface area contributed by atoms with Crippen molar-refractivity contribution in [3.8, 4) is 0 Å². The molecule has 0 aliphatic carbocycles. The van der Waals surface area contributed by atoms with Crippen LogP contribution in [0.3, 0.4) is 0 Å². The van der Waals surface area contributed by atoms with Gasteiger partial charge in [-0.05, 0) is 39.8 Å². The Balaban J connectivity index is 2.09. The Morgan fingerprint density at radius 1 is 1.31 bits per heavy atom. The van der Waals surface area contributed by atoms with E-state index in [0.29, 0.717) is 13.0 Å². The Bertz CT molecular complexity index is 217. The summed E-state index contributed by atoms with van der Waals surface area (Å²) < 4.78 is 0. The molecular weight excluding hydrogens is 202 g/mol. The Morgan fingerprint density at radius 2 is 1.94 bits per heavy atom. The van der Waals surface area contributed by atoms with E-state index in [0.717, 1.165) is 19.6 Å². The van der Waals surface area contributed by atoms with Crippen molar-refractivity contribution in [1.29, 1.82) is 0 Å². The molecule has 1 saturated heterocycles. The molecule has 1 rings (SSSR count). The van der Waals surface area contributed by atoms with Crippen molar-refractivity contribution in [3.05, 3.63) is 0 Å². The van der Waals surface area contributed by atoms with E-state index >= 15 is 0 Å². The van der Waals surface area contributed by atoms with Gasteiger partial charge in [0.2, 0.25) is 5.91 Å². The summed E-state index contributed by atoms with van der Waals surface area (Å²) in [5.41, 5.74) is 5.48. The maximum absolute atomic E-state index is 11.5. The van der Waals surface area contributed by atoms with Crippen LogP contribution in [0.5, 0.6) is 0 Å². The molecule has 0 aromatic carbocycles. The molecule has 0 aromatic heterocycles. The van der Waals surface area contributed by atoms with Gasteiger partial charge in [-0.1, -0.05) is 6.42 Å². The number of rotatable bonds is 5. The van der Waals surface area contributed by atoms with E-state index in [1.807, 2.05) is 13.8 Å². The van der Waals surface area contributed by atoms with Crippen molar-refractivity contribution in [2.45, 2.75) is 45.1 Å². The summed E-state index contributed by atoms with van der Waals surface area (Å²) in [6.45, 7) is 7.56. The molecule has 0 aromatic rings. The van der Waals surface area contributed by atoms with Gasteiger partial charge in [0.05, 0.1) is 0 Å². The van der Waals surface area contributed by atoms with Gasteiger partial charge in [-0.25, -0.2) is 0 Å². The van der Waals surface area contributed by atoms with E-state index in [-0.39, 0.29) is 11.4 Å². The van der Waals surface area contributed by atoms with Gasteiger partial charge in [-0.3, -0.25) is 4.79 Å². The number of piperidine rings is 1. The molecule has 0 saturated carbocycles. The third kappa shape index (κ3) is 6.08. The van der Waals surface area contributed by atoms with Crippen molar-refractivity contribution < 1.29 is 4.79 Å². The highest BCUT2D eigenvalue weighted by molar-refractivity contribution is 5.76. The van der Waals surface area contributed by atoms with Crippen LogP contribution in [0.2, 0.25) is 0 Å². The summed E-state index contributed by atoms with van der Waals surface area (Å²) >= 11 is 0. The quantitative estimate of drug-likeness (QED) is 0.727. The maximum Gasteiger partial charge on any atom is 0.221 e. The highest BCUT2D eigenvalue weighted by atomic mass is 16.1. The number of hydrogen-bond acceptors (Lipinski definition) is 3. The minimum absolute atomic E-state index is 0.115. The first kappa shape index (κ1) is 13.5. The fraction of sp³-hybridized carbons (Fsp3) is 0.917. The molecule has 16 heavy (non-hydrogen) atoms. The molecule has 4 heteroatoms. The van der Waals surface area contributed by atoms with E-state index in [1.54, 1.807) is 0 Å². The lowest BCUT2D eigenvalue weighted by Gasteiger charge is -2.26. The lowest BCUT2D eigenvalue weighted by atomic mass is 10.1. The van der Waals surface area contributed by atoms with Crippen LogP contribution in [-0.2, 0) is 4.79 Å². The standard InChI is InChI=1S/C12H25N3O/c1-12(2,13)10-14-11(16)6-9-15-7-4-3-5-8-15/h3-10,13H2,1-2H3,(H,14,16). The number of nitrogens with zero attached hydrogens (tertiary/aromatic N) is 1. The molecule has 0 radical (unpaired) electrons. The number of amides is 1. The van der Waals surface area contributed by atoms with Crippen LogP contribution < -0.4 is 11.1 Å². The predicted molar refractivity (Wildman–Crippen MR) is 66.2 cm³/mol. The number of carbonyl (C=O) groups excluding carboxylic acids is 1. The summed E-state index contributed by atoms with van der Waals surface area (Å²) in [5, 5.41) is 2.87. The second-order valence-electron chi connectivity index (χ2n) is 5.42. The average molecular weight is 227 g/mol. The van der Waals surface area contributed by atoms with Gasteiger partial charge in [0.1, 0.15) is 0 Å². The first-order valence-electron chi connectivity index (χ1n) is 6.25. The van der Waals surface area contributed by atoms with Crippen molar-refractivity contribution in [3.63, 3.8) is 0 Å². The Morgan fingerprint density at radius 3 is 2.50 bits per heavy atom. The second-order valence-corrected chi connectivity index (χ2v) is 5.42. The van der Waals surface area contributed by atoms with Crippen LogP contribution in [0, 0.1) is 0 Å². The van der Waals surface area contributed by atoms with E-state index in [4.69, 9.17) is 5.73 Å². The smallest absolute Gasteiger partial charge is 0.221 e. The molecule has 1 aliphatic rings. The Hall–Kier alpha value is -0.610. The fourth-order valence-corrected chi connectivity index (χ4v) is 1.86. The number of nitrogens with two attached hydrogens (primary N) is 1. The topological polar surface area (TPSA) is 58.4 Å². The van der Waals surface area contributed by atoms with E-state index in [9.17, 15) is 4.79 Å². The van der Waals surface area contributed by atoms with E-state index in [2.05, 4.69) is 10.2 Å². The SMILES string of the molecule is CC(C)(N)CNC(=O)CCN1CCCCC1. The molecule has 0 bridgehead atoms. The molecule has 94 valence electrons. The highest BCUT2D eigenvalue weighted by Crippen LogP contribution is 2.08. The van der Waals surface area contributed by atoms with Gasteiger partial charge in [-0.2, -0.15) is 0 Å². The second kappa shape index (κ2) is 6.21. The van der Waals surface area contributed by atoms with Crippen LogP contribution in [0.1, 0.15) is 39.5 Å². The predicted octanol–water partition coefficient (Wildman–Crippen LogP) is 0.716. The zero-order valence-corrected chi connectivity index (χ0v) is 10.6. The Kier molecular flexibility index (Phi) is 5.22. The number of likely N-dealkylation sites (tertiary alicyclic amines) is 1. The number of hydrogen-bond donors (Lipinski definition) is 2. The summed E-state index contributed by atoms with van der Waals surface area (Å²) in [6, 6.07) is 0. The van der Waals surface area contributed by atoms with Gasteiger partial charge in [0, 0.05) is 25.0 Å². The van der Waals surface area contributed by atoms with Crippen LogP contribution >= 0.6 is 0 Å². The first-order valence-corrected chi connectivity index (χ1v) is 6.25. The maximum atomic E-state index is 11.5.